The number of rotatable bonds is 8. The molecular weight excluding hydrogens is 416 g/mol. The quantitative estimate of drug-likeness (QED) is 0.348. The Morgan fingerprint density at radius 3 is 2.25 bits per heavy atom. The van der Waals surface area contributed by atoms with E-state index in [9.17, 15) is 19.7 Å². The van der Waals surface area contributed by atoms with Crippen LogP contribution in [0.3, 0.4) is 0 Å². The van der Waals surface area contributed by atoms with Gasteiger partial charge in [-0.2, -0.15) is 0 Å². The number of benzene rings is 2. The van der Waals surface area contributed by atoms with Gasteiger partial charge in [-0.15, -0.1) is 0 Å². The van der Waals surface area contributed by atoms with Gasteiger partial charge in [-0.05, 0) is 44.0 Å². The van der Waals surface area contributed by atoms with Gasteiger partial charge in [0.15, 0.2) is 17.3 Å². The number of carbonyl (C=O) groups is 2. The average Bonchev–Trinajstić information content (AvgIpc) is 2.83. The van der Waals surface area contributed by atoms with E-state index in [-0.39, 0.29) is 34.5 Å². The van der Waals surface area contributed by atoms with Crippen LogP contribution in [0.1, 0.15) is 40.5 Å². The van der Waals surface area contributed by atoms with Crippen LogP contribution in [-0.4, -0.2) is 55.4 Å². The molecule has 3 rings (SSSR count). The van der Waals surface area contributed by atoms with Gasteiger partial charge in [0.2, 0.25) is 0 Å². The van der Waals surface area contributed by atoms with E-state index in [4.69, 9.17) is 14.2 Å². The highest BCUT2D eigenvalue weighted by Gasteiger charge is 2.32. The summed E-state index contributed by atoms with van der Waals surface area (Å²) < 4.78 is 15.8. The number of likely N-dealkylation sites (tertiary alicyclic amines) is 1. The Morgan fingerprint density at radius 1 is 1.06 bits per heavy atom. The lowest BCUT2D eigenvalue weighted by molar-refractivity contribution is -0.385. The molecule has 1 heterocycles. The highest BCUT2D eigenvalue weighted by molar-refractivity contribution is 6.00. The zero-order valence-electron chi connectivity index (χ0n) is 18.3. The highest BCUT2D eigenvalue weighted by atomic mass is 16.6. The monoisotopic (exact) mass is 442 g/mol. The lowest BCUT2D eigenvalue weighted by atomic mass is 9.88. The lowest BCUT2D eigenvalue weighted by Gasteiger charge is -2.31. The van der Waals surface area contributed by atoms with Crippen LogP contribution < -0.4 is 14.2 Å². The molecule has 1 aliphatic rings. The van der Waals surface area contributed by atoms with Gasteiger partial charge in [-0.25, -0.2) is 0 Å². The minimum Gasteiger partial charge on any atom is -0.497 e. The Hall–Kier alpha value is -3.62. The number of hydrogen-bond donors (Lipinski definition) is 0. The first kappa shape index (κ1) is 23.1. The molecule has 1 fully saturated rings. The van der Waals surface area contributed by atoms with Crippen molar-refractivity contribution in [3.63, 3.8) is 0 Å². The van der Waals surface area contributed by atoms with Crippen molar-refractivity contribution < 1.29 is 28.7 Å². The molecule has 0 saturated carbocycles. The molecule has 32 heavy (non-hydrogen) atoms. The summed E-state index contributed by atoms with van der Waals surface area (Å²) in [5.41, 5.74) is 0.202. The molecule has 0 aromatic heterocycles. The van der Waals surface area contributed by atoms with Gasteiger partial charge in [0.05, 0.1) is 31.8 Å². The van der Waals surface area contributed by atoms with Crippen LogP contribution in [0.15, 0.2) is 36.4 Å². The van der Waals surface area contributed by atoms with Crippen LogP contribution in [0.25, 0.3) is 0 Å². The first-order valence-corrected chi connectivity index (χ1v) is 10.4. The smallest absolute Gasteiger partial charge is 0.286 e. The molecule has 1 aliphatic heterocycles. The maximum absolute atomic E-state index is 13.1. The number of hydrogen-bond acceptors (Lipinski definition) is 7. The highest BCUT2D eigenvalue weighted by Crippen LogP contribution is 2.36. The van der Waals surface area contributed by atoms with Crippen molar-refractivity contribution in [1.29, 1.82) is 0 Å². The number of piperidine rings is 1. The second-order valence-electron chi connectivity index (χ2n) is 7.37. The SMILES string of the molecule is CCOc1cc([N+](=O)[O-])c(C(=O)N2CCC(C(=O)c3ccc(OC)cc3)CC2)cc1OC. The fourth-order valence-electron chi connectivity index (χ4n) is 3.81. The van der Waals surface area contributed by atoms with Crippen molar-refractivity contribution in [2.45, 2.75) is 19.8 Å². The van der Waals surface area contributed by atoms with E-state index in [0.717, 1.165) is 0 Å². The standard InChI is InChI=1S/C23H26N2O7/c1-4-32-21-14-19(25(28)29)18(13-20(21)31-3)23(27)24-11-9-16(10-12-24)22(26)15-5-7-17(30-2)8-6-15/h5-8,13-14,16H,4,9-12H2,1-3H3. The Balaban J connectivity index is 1.74. The van der Waals surface area contributed by atoms with Gasteiger partial charge in [0.1, 0.15) is 11.3 Å². The fourth-order valence-corrected chi connectivity index (χ4v) is 3.81. The van der Waals surface area contributed by atoms with E-state index < -0.39 is 10.8 Å². The van der Waals surface area contributed by atoms with Crippen molar-refractivity contribution >= 4 is 17.4 Å². The molecule has 2 aromatic carbocycles. The third kappa shape index (κ3) is 4.82. The minimum absolute atomic E-state index is 0.0217. The van der Waals surface area contributed by atoms with E-state index in [2.05, 4.69) is 0 Å². The van der Waals surface area contributed by atoms with E-state index in [1.807, 2.05) is 0 Å². The third-order valence-electron chi connectivity index (χ3n) is 5.54. The maximum atomic E-state index is 13.1. The van der Waals surface area contributed by atoms with Crippen LogP contribution in [0, 0.1) is 16.0 Å². The summed E-state index contributed by atoms with van der Waals surface area (Å²) in [6.07, 6.45) is 0.969. The van der Waals surface area contributed by atoms with Gasteiger partial charge in [0, 0.05) is 30.6 Å². The molecule has 2 aromatic rings. The first-order chi connectivity index (χ1) is 15.4. The van der Waals surface area contributed by atoms with E-state index >= 15 is 0 Å². The van der Waals surface area contributed by atoms with Gasteiger partial charge >= 0.3 is 0 Å². The summed E-state index contributed by atoms with van der Waals surface area (Å²) in [7, 11) is 2.97. The maximum Gasteiger partial charge on any atom is 0.286 e. The summed E-state index contributed by atoms with van der Waals surface area (Å²) in [4.78, 5) is 38.4. The molecule has 1 amide bonds. The molecular formula is C23H26N2O7. The molecule has 9 nitrogen and oxygen atoms in total. The van der Waals surface area contributed by atoms with Crippen molar-refractivity contribution in [1.82, 2.24) is 4.90 Å². The topological polar surface area (TPSA) is 108 Å². The fraction of sp³-hybridized carbons (Fsp3) is 0.391. The van der Waals surface area contributed by atoms with E-state index in [0.29, 0.717) is 43.9 Å². The number of ketones is 1. The first-order valence-electron chi connectivity index (χ1n) is 10.4. The predicted molar refractivity (Wildman–Crippen MR) is 117 cm³/mol. The largest absolute Gasteiger partial charge is 0.497 e. The summed E-state index contributed by atoms with van der Waals surface area (Å²) in [5.74, 6) is 0.487. The Labute approximate surface area is 186 Å². The van der Waals surface area contributed by atoms with Crippen molar-refractivity contribution in [2.75, 3.05) is 33.9 Å². The molecule has 0 spiro atoms. The van der Waals surface area contributed by atoms with Crippen LogP contribution in [0.5, 0.6) is 17.2 Å². The summed E-state index contributed by atoms with van der Waals surface area (Å²) in [6, 6.07) is 9.51. The Kier molecular flexibility index (Phi) is 7.29. The van der Waals surface area contributed by atoms with Crippen LogP contribution >= 0.6 is 0 Å². The Morgan fingerprint density at radius 2 is 1.72 bits per heavy atom. The molecule has 0 N–H and O–H groups in total. The number of Topliss-reactive ketones (excluding diaryl/α,β-unsaturated/α-hetero) is 1. The van der Waals surface area contributed by atoms with Gasteiger partial charge in [-0.1, -0.05) is 0 Å². The van der Waals surface area contributed by atoms with Gasteiger partial charge in [0.25, 0.3) is 11.6 Å². The molecule has 0 bridgehead atoms. The molecule has 0 atom stereocenters. The van der Waals surface area contributed by atoms with Gasteiger partial charge < -0.3 is 19.1 Å². The van der Waals surface area contributed by atoms with Crippen LogP contribution in [0.4, 0.5) is 5.69 Å². The summed E-state index contributed by atoms with van der Waals surface area (Å²) >= 11 is 0. The number of ether oxygens (including phenoxy) is 3. The Bertz CT molecular complexity index is 996. The summed E-state index contributed by atoms with van der Waals surface area (Å²) in [6.45, 7) is 2.72. The van der Waals surface area contributed by atoms with Crippen molar-refractivity contribution in [2.24, 2.45) is 5.92 Å². The number of nitrogens with zero attached hydrogens (tertiary/aromatic N) is 2. The van der Waals surface area contributed by atoms with E-state index in [1.54, 1.807) is 43.2 Å². The number of nitro benzene ring substituents is 1. The number of carbonyl (C=O) groups excluding carboxylic acids is 2. The molecule has 0 unspecified atom stereocenters. The molecule has 0 aliphatic carbocycles. The molecule has 1 saturated heterocycles. The van der Waals surface area contributed by atoms with Gasteiger partial charge in [-0.3, -0.25) is 19.7 Å². The normalized spacial score (nSPS) is 14.0. The zero-order chi connectivity index (χ0) is 23.3. The molecule has 9 heteroatoms. The number of methoxy groups -OCH3 is 2. The molecule has 0 radical (unpaired) electrons. The average molecular weight is 442 g/mol. The minimum atomic E-state index is -0.602. The van der Waals surface area contributed by atoms with E-state index in [1.165, 1.54) is 19.2 Å². The second-order valence-corrected chi connectivity index (χ2v) is 7.37. The second kappa shape index (κ2) is 10.1. The lowest BCUT2D eigenvalue weighted by Crippen LogP contribution is -2.40. The van der Waals surface area contributed by atoms with Crippen molar-refractivity contribution in [3.05, 3.63) is 57.6 Å². The number of nitro groups is 1. The van der Waals surface area contributed by atoms with Crippen LogP contribution in [0.2, 0.25) is 0 Å². The van der Waals surface area contributed by atoms with Crippen LogP contribution in [-0.2, 0) is 0 Å². The van der Waals surface area contributed by atoms with Crippen molar-refractivity contribution in [3.8, 4) is 17.2 Å². The third-order valence-corrected chi connectivity index (χ3v) is 5.54. The molecule has 170 valence electrons. The summed E-state index contributed by atoms with van der Waals surface area (Å²) in [5, 5.41) is 11.6. The zero-order valence-corrected chi connectivity index (χ0v) is 18.3. The number of amides is 1. The predicted octanol–water partition coefficient (Wildman–Crippen LogP) is 3.75.